The minimum atomic E-state index is -4.30. The first-order valence-electron chi connectivity index (χ1n) is 6.91. The van der Waals surface area contributed by atoms with Crippen LogP contribution in [0.4, 0.5) is 13.2 Å². The Morgan fingerprint density at radius 3 is 1.68 bits per heavy atom. The Balaban J connectivity index is 1.62. The molecule has 0 aliphatic heterocycles. The zero-order chi connectivity index (χ0) is 15.8. The molecule has 0 heterocycles. The van der Waals surface area contributed by atoms with Crippen molar-refractivity contribution in [3.05, 3.63) is 71.3 Å². The minimum Gasteiger partial charge on any atom is -0.374 e. The fraction of sp³-hybridized carbons (Fsp3) is 0.294. The van der Waals surface area contributed by atoms with E-state index in [0.29, 0.717) is 25.4 Å². The van der Waals surface area contributed by atoms with Crippen LogP contribution in [0.1, 0.15) is 16.7 Å². The van der Waals surface area contributed by atoms with E-state index in [9.17, 15) is 13.2 Å². The third kappa shape index (κ3) is 5.50. The number of hydrogen-bond acceptors (Lipinski definition) is 2. The minimum absolute atomic E-state index is 0.271. The largest absolute Gasteiger partial charge is 0.416 e. The van der Waals surface area contributed by atoms with Gasteiger partial charge in [0.05, 0.1) is 32.0 Å². The molecule has 0 N–H and O–H groups in total. The third-order valence-electron chi connectivity index (χ3n) is 3.03. The molecular formula is C17H17F3O2. The number of benzene rings is 2. The fourth-order valence-electron chi connectivity index (χ4n) is 1.86. The van der Waals surface area contributed by atoms with Crippen molar-refractivity contribution in [1.82, 2.24) is 0 Å². The van der Waals surface area contributed by atoms with Gasteiger partial charge in [-0.05, 0) is 23.3 Å². The summed E-state index contributed by atoms with van der Waals surface area (Å²) in [7, 11) is 0. The van der Waals surface area contributed by atoms with Crippen molar-refractivity contribution in [2.24, 2.45) is 0 Å². The lowest BCUT2D eigenvalue weighted by atomic mass is 10.1. The summed E-state index contributed by atoms with van der Waals surface area (Å²) in [5, 5.41) is 0. The highest BCUT2D eigenvalue weighted by Gasteiger charge is 2.29. The van der Waals surface area contributed by atoms with Crippen LogP contribution in [0.2, 0.25) is 0 Å². The first kappa shape index (κ1) is 16.5. The first-order valence-corrected chi connectivity index (χ1v) is 6.91. The lowest BCUT2D eigenvalue weighted by Crippen LogP contribution is -2.06. The molecule has 0 unspecified atom stereocenters. The zero-order valence-electron chi connectivity index (χ0n) is 12.0. The molecule has 0 atom stereocenters. The molecule has 22 heavy (non-hydrogen) atoms. The zero-order valence-corrected chi connectivity index (χ0v) is 12.0. The Kier molecular flexibility index (Phi) is 5.98. The van der Waals surface area contributed by atoms with Crippen molar-refractivity contribution in [2.75, 3.05) is 13.2 Å². The molecule has 5 heteroatoms. The van der Waals surface area contributed by atoms with Crippen molar-refractivity contribution in [3.8, 4) is 0 Å². The van der Waals surface area contributed by atoms with E-state index < -0.39 is 11.7 Å². The van der Waals surface area contributed by atoms with Gasteiger partial charge in [0.2, 0.25) is 0 Å². The van der Waals surface area contributed by atoms with E-state index in [1.807, 2.05) is 30.3 Å². The topological polar surface area (TPSA) is 18.5 Å². The molecule has 2 aromatic rings. The second kappa shape index (κ2) is 7.96. The lowest BCUT2D eigenvalue weighted by molar-refractivity contribution is -0.137. The van der Waals surface area contributed by atoms with Gasteiger partial charge in [0.15, 0.2) is 0 Å². The predicted octanol–water partition coefficient (Wildman–Crippen LogP) is 4.44. The molecule has 0 saturated heterocycles. The van der Waals surface area contributed by atoms with Gasteiger partial charge in [-0.3, -0.25) is 0 Å². The van der Waals surface area contributed by atoms with Crippen LogP contribution in [-0.2, 0) is 28.9 Å². The van der Waals surface area contributed by atoms with Crippen LogP contribution in [0.15, 0.2) is 54.6 Å². The van der Waals surface area contributed by atoms with Crippen molar-refractivity contribution in [2.45, 2.75) is 19.4 Å². The molecule has 0 spiro atoms. The molecule has 0 fully saturated rings. The monoisotopic (exact) mass is 310 g/mol. The number of ether oxygens (including phenoxy) is 2. The standard InChI is InChI=1S/C17H17F3O2/c18-17(19,20)16-8-6-15(7-9-16)13-22-11-10-21-12-14-4-2-1-3-5-14/h1-9H,10-13H2. The average Bonchev–Trinajstić information content (AvgIpc) is 2.51. The van der Waals surface area contributed by atoms with E-state index in [0.717, 1.165) is 17.7 Å². The Labute approximate surface area is 127 Å². The number of alkyl halides is 3. The fourth-order valence-corrected chi connectivity index (χ4v) is 1.86. The second-order valence-electron chi connectivity index (χ2n) is 4.79. The molecule has 2 rings (SSSR count). The SMILES string of the molecule is FC(F)(F)c1ccc(COCCOCc2ccccc2)cc1. The normalized spacial score (nSPS) is 11.6. The molecule has 0 aliphatic carbocycles. The van der Waals surface area contributed by atoms with E-state index in [1.165, 1.54) is 12.1 Å². The summed E-state index contributed by atoms with van der Waals surface area (Å²) in [5.74, 6) is 0. The van der Waals surface area contributed by atoms with Gasteiger partial charge in [-0.2, -0.15) is 13.2 Å². The Morgan fingerprint density at radius 1 is 0.682 bits per heavy atom. The number of halogens is 3. The molecular weight excluding hydrogens is 293 g/mol. The maximum absolute atomic E-state index is 12.4. The van der Waals surface area contributed by atoms with Crippen molar-refractivity contribution >= 4 is 0 Å². The molecule has 0 radical (unpaired) electrons. The summed E-state index contributed by atoms with van der Waals surface area (Å²) in [4.78, 5) is 0. The van der Waals surface area contributed by atoms with Gasteiger partial charge in [0, 0.05) is 0 Å². The highest BCUT2D eigenvalue weighted by atomic mass is 19.4. The summed E-state index contributed by atoms with van der Waals surface area (Å²) in [5.41, 5.74) is 1.14. The van der Waals surface area contributed by atoms with E-state index in [4.69, 9.17) is 9.47 Å². The first-order chi connectivity index (χ1) is 10.6. The summed E-state index contributed by atoms with van der Waals surface area (Å²) < 4.78 is 48.0. The Bertz CT molecular complexity index is 550. The van der Waals surface area contributed by atoms with Crippen LogP contribution < -0.4 is 0 Å². The highest BCUT2D eigenvalue weighted by Crippen LogP contribution is 2.29. The number of hydrogen-bond donors (Lipinski definition) is 0. The van der Waals surface area contributed by atoms with Crippen molar-refractivity contribution in [1.29, 1.82) is 0 Å². The molecule has 2 nitrogen and oxygen atoms in total. The predicted molar refractivity (Wildman–Crippen MR) is 77.2 cm³/mol. The molecule has 0 saturated carbocycles. The van der Waals surface area contributed by atoms with Crippen LogP contribution in [0.3, 0.4) is 0 Å². The van der Waals surface area contributed by atoms with Gasteiger partial charge >= 0.3 is 6.18 Å². The maximum atomic E-state index is 12.4. The van der Waals surface area contributed by atoms with Crippen LogP contribution in [0, 0.1) is 0 Å². The Morgan fingerprint density at radius 2 is 1.18 bits per heavy atom. The van der Waals surface area contributed by atoms with Crippen LogP contribution in [-0.4, -0.2) is 13.2 Å². The highest BCUT2D eigenvalue weighted by molar-refractivity contribution is 5.24. The van der Waals surface area contributed by atoms with Gasteiger partial charge in [0.25, 0.3) is 0 Å². The van der Waals surface area contributed by atoms with E-state index in [-0.39, 0.29) is 6.61 Å². The van der Waals surface area contributed by atoms with Gasteiger partial charge in [-0.1, -0.05) is 42.5 Å². The second-order valence-corrected chi connectivity index (χ2v) is 4.79. The van der Waals surface area contributed by atoms with E-state index in [2.05, 4.69) is 0 Å². The van der Waals surface area contributed by atoms with Crippen molar-refractivity contribution < 1.29 is 22.6 Å². The molecule has 0 aliphatic rings. The van der Waals surface area contributed by atoms with E-state index in [1.54, 1.807) is 0 Å². The summed E-state index contributed by atoms with van der Waals surface area (Å²) in [6, 6.07) is 14.7. The van der Waals surface area contributed by atoms with E-state index >= 15 is 0 Å². The van der Waals surface area contributed by atoms with Gasteiger partial charge in [-0.25, -0.2) is 0 Å². The molecule has 0 aromatic heterocycles. The van der Waals surface area contributed by atoms with Crippen LogP contribution >= 0.6 is 0 Å². The third-order valence-corrected chi connectivity index (χ3v) is 3.03. The lowest BCUT2D eigenvalue weighted by Gasteiger charge is -2.08. The molecule has 2 aromatic carbocycles. The number of rotatable bonds is 7. The van der Waals surface area contributed by atoms with Crippen LogP contribution in [0.5, 0.6) is 0 Å². The molecule has 0 bridgehead atoms. The Hall–Kier alpha value is -1.85. The molecule has 118 valence electrons. The quantitative estimate of drug-likeness (QED) is 0.704. The smallest absolute Gasteiger partial charge is 0.374 e. The van der Waals surface area contributed by atoms with Gasteiger partial charge in [-0.15, -0.1) is 0 Å². The summed E-state index contributed by atoms with van der Waals surface area (Å²) >= 11 is 0. The summed E-state index contributed by atoms with van der Waals surface area (Å²) in [6.45, 7) is 1.63. The maximum Gasteiger partial charge on any atom is 0.416 e. The molecule has 0 amide bonds. The average molecular weight is 310 g/mol. The van der Waals surface area contributed by atoms with Gasteiger partial charge in [0.1, 0.15) is 0 Å². The van der Waals surface area contributed by atoms with Crippen molar-refractivity contribution in [3.63, 3.8) is 0 Å². The summed E-state index contributed by atoms with van der Waals surface area (Å²) in [6.07, 6.45) is -4.30. The van der Waals surface area contributed by atoms with Crippen LogP contribution in [0.25, 0.3) is 0 Å². The van der Waals surface area contributed by atoms with Gasteiger partial charge < -0.3 is 9.47 Å².